The summed E-state index contributed by atoms with van der Waals surface area (Å²) in [5.74, 6) is -0.104. The highest BCUT2D eigenvalue weighted by atomic mass is 16.7. The molecule has 6 rings (SSSR count). The molecule has 3 aromatic rings. The Bertz CT molecular complexity index is 1470. The molecule has 3 aliphatic rings. The van der Waals surface area contributed by atoms with Crippen molar-refractivity contribution in [2.24, 2.45) is 0 Å². The molecule has 1 saturated heterocycles. The van der Waals surface area contributed by atoms with Crippen molar-refractivity contribution in [1.82, 2.24) is 10.6 Å². The standard InChI is InChI=1S/C32H33BN2O5/c1-31(2)32(3,4)40-33(39-31)21(16-20-10-9-15-26-27(20)18-34-29(26)36)17-35-30(37)38-19-28-24-13-7-5-11-22(24)23-12-6-8-14-25(23)28/h5-16,28H,17-19H2,1-4H3,(H,34,36)(H,35,37). The first-order valence-electron chi connectivity index (χ1n) is 13.7. The van der Waals surface area contributed by atoms with Crippen LogP contribution in [0, 0.1) is 0 Å². The molecule has 0 bridgehead atoms. The molecule has 0 radical (unpaired) electrons. The smallest absolute Gasteiger partial charge is 0.449 e. The summed E-state index contributed by atoms with van der Waals surface area (Å²) in [6, 6.07) is 22.1. The lowest BCUT2D eigenvalue weighted by Gasteiger charge is -2.32. The molecule has 0 unspecified atom stereocenters. The van der Waals surface area contributed by atoms with Crippen LogP contribution in [0.1, 0.15) is 66.2 Å². The minimum Gasteiger partial charge on any atom is -0.449 e. The first kappa shape index (κ1) is 26.4. The number of amides is 2. The minimum atomic E-state index is -0.667. The van der Waals surface area contributed by atoms with Crippen LogP contribution in [0.2, 0.25) is 0 Å². The average molecular weight is 536 g/mol. The molecule has 8 heteroatoms. The fraction of sp³-hybridized carbons (Fsp3) is 0.312. The van der Waals surface area contributed by atoms with Crippen molar-refractivity contribution in [2.45, 2.75) is 51.4 Å². The summed E-state index contributed by atoms with van der Waals surface area (Å²) < 4.78 is 18.4. The number of nitrogens with one attached hydrogen (secondary N) is 2. The Morgan fingerprint density at radius 1 is 0.950 bits per heavy atom. The van der Waals surface area contributed by atoms with Crippen molar-refractivity contribution in [3.63, 3.8) is 0 Å². The summed E-state index contributed by atoms with van der Waals surface area (Å²) in [7, 11) is -0.667. The maximum atomic E-state index is 13.0. The molecule has 2 amide bonds. The van der Waals surface area contributed by atoms with E-state index in [2.05, 4.69) is 34.9 Å². The van der Waals surface area contributed by atoms with E-state index in [0.29, 0.717) is 12.1 Å². The van der Waals surface area contributed by atoms with Gasteiger partial charge in [-0.1, -0.05) is 66.7 Å². The van der Waals surface area contributed by atoms with E-state index in [-0.39, 0.29) is 25.0 Å². The number of rotatable bonds is 6. The van der Waals surface area contributed by atoms with Crippen LogP contribution >= 0.6 is 0 Å². The van der Waals surface area contributed by atoms with Gasteiger partial charge in [0.15, 0.2) is 0 Å². The monoisotopic (exact) mass is 536 g/mol. The summed E-state index contributed by atoms with van der Waals surface area (Å²) >= 11 is 0. The highest BCUT2D eigenvalue weighted by Crippen LogP contribution is 2.44. The van der Waals surface area contributed by atoms with Crippen molar-refractivity contribution in [1.29, 1.82) is 0 Å². The molecular weight excluding hydrogens is 503 g/mol. The van der Waals surface area contributed by atoms with Crippen LogP contribution in [-0.4, -0.2) is 43.5 Å². The molecule has 7 nitrogen and oxygen atoms in total. The molecular formula is C32H33BN2O5. The predicted molar refractivity (Wildman–Crippen MR) is 155 cm³/mol. The molecule has 2 N–H and O–H groups in total. The second-order valence-electron chi connectivity index (χ2n) is 11.5. The molecule has 40 heavy (non-hydrogen) atoms. The van der Waals surface area contributed by atoms with Gasteiger partial charge in [0.05, 0.1) is 11.2 Å². The predicted octanol–water partition coefficient (Wildman–Crippen LogP) is 5.48. The quantitative estimate of drug-likeness (QED) is 0.408. The van der Waals surface area contributed by atoms with Crippen LogP contribution in [0.25, 0.3) is 17.2 Å². The summed E-state index contributed by atoms with van der Waals surface area (Å²) in [4.78, 5) is 25.2. The zero-order valence-electron chi connectivity index (χ0n) is 23.2. The zero-order valence-corrected chi connectivity index (χ0v) is 23.2. The normalized spacial score (nSPS) is 18.6. The van der Waals surface area contributed by atoms with Gasteiger partial charge in [-0.25, -0.2) is 4.79 Å². The molecule has 204 valence electrons. The Morgan fingerprint density at radius 3 is 2.20 bits per heavy atom. The van der Waals surface area contributed by atoms with Crippen LogP contribution in [-0.2, 0) is 20.6 Å². The van der Waals surface area contributed by atoms with E-state index in [1.54, 1.807) is 0 Å². The van der Waals surface area contributed by atoms with E-state index >= 15 is 0 Å². The van der Waals surface area contributed by atoms with E-state index in [1.807, 2.05) is 76.2 Å². The van der Waals surface area contributed by atoms with Crippen molar-refractivity contribution in [3.05, 3.63) is 100 Å². The van der Waals surface area contributed by atoms with Gasteiger partial charge in [-0.3, -0.25) is 4.79 Å². The van der Waals surface area contributed by atoms with E-state index in [1.165, 1.54) is 11.1 Å². The van der Waals surface area contributed by atoms with Gasteiger partial charge in [-0.2, -0.15) is 0 Å². The fourth-order valence-electron chi connectivity index (χ4n) is 5.63. The highest BCUT2D eigenvalue weighted by molar-refractivity contribution is 6.56. The third kappa shape index (κ3) is 4.61. The highest BCUT2D eigenvalue weighted by Gasteiger charge is 2.52. The average Bonchev–Trinajstić information content (AvgIpc) is 3.54. The van der Waals surface area contributed by atoms with Crippen LogP contribution in [0.5, 0.6) is 0 Å². The largest absolute Gasteiger partial charge is 0.492 e. The summed E-state index contributed by atoms with van der Waals surface area (Å²) in [5, 5.41) is 5.79. The van der Waals surface area contributed by atoms with E-state index in [9.17, 15) is 9.59 Å². The van der Waals surface area contributed by atoms with Gasteiger partial charge in [0, 0.05) is 24.6 Å². The SMILES string of the molecule is CC1(C)OB(C(=Cc2cccc3c2CNC3=O)CNC(=O)OCC2c3ccccc3-c3ccccc32)OC1(C)C. The van der Waals surface area contributed by atoms with Gasteiger partial charge in [0.2, 0.25) is 0 Å². The Balaban J connectivity index is 1.20. The lowest BCUT2D eigenvalue weighted by molar-refractivity contribution is 0.00578. The van der Waals surface area contributed by atoms with E-state index in [0.717, 1.165) is 27.7 Å². The molecule has 0 atom stereocenters. The van der Waals surface area contributed by atoms with Gasteiger partial charge in [0.1, 0.15) is 6.61 Å². The van der Waals surface area contributed by atoms with Crippen LogP contribution in [0.4, 0.5) is 4.79 Å². The molecule has 1 aliphatic carbocycles. The molecule has 2 aliphatic heterocycles. The number of carbonyl (C=O) groups is 2. The summed E-state index contributed by atoms with van der Waals surface area (Å²) in [6.45, 7) is 8.82. The van der Waals surface area contributed by atoms with Crippen molar-refractivity contribution in [2.75, 3.05) is 13.2 Å². The number of benzene rings is 3. The summed E-state index contributed by atoms with van der Waals surface area (Å²) in [5.41, 5.74) is 6.80. The zero-order chi connectivity index (χ0) is 28.1. The number of hydrogen-bond donors (Lipinski definition) is 2. The molecule has 2 heterocycles. The van der Waals surface area contributed by atoms with Crippen LogP contribution in [0.3, 0.4) is 0 Å². The Labute approximate surface area is 235 Å². The van der Waals surface area contributed by atoms with Gasteiger partial charge in [0.25, 0.3) is 5.91 Å². The second kappa shape index (κ2) is 9.95. The molecule has 3 aromatic carbocycles. The van der Waals surface area contributed by atoms with Gasteiger partial charge in [-0.15, -0.1) is 0 Å². The van der Waals surface area contributed by atoms with Gasteiger partial charge >= 0.3 is 13.2 Å². The van der Waals surface area contributed by atoms with Crippen molar-refractivity contribution < 1.29 is 23.6 Å². The minimum absolute atomic E-state index is 0.0202. The third-order valence-electron chi connectivity index (χ3n) is 8.56. The van der Waals surface area contributed by atoms with Crippen LogP contribution < -0.4 is 10.6 Å². The Kier molecular flexibility index (Phi) is 6.55. The number of alkyl carbamates (subject to hydrolysis) is 1. The van der Waals surface area contributed by atoms with Crippen LogP contribution in [0.15, 0.2) is 72.2 Å². The first-order valence-corrected chi connectivity index (χ1v) is 13.7. The maximum Gasteiger partial charge on any atom is 0.492 e. The maximum absolute atomic E-state index is 13.0. The second-order valence-corrected chi connectivity index (χ2v) is 11.5. The molecule has 0 saturated carbocycles. The molecule has 0 spiro atoms. The van der Waals surface area contributed by atoms with Crippen molar-refractivity contribution >= 4 is 25.2 Å². The Hall–Kier alpha value is -3.88. The number of ether oxygens (including phenoxy) is 1. The first-order chi connectivity index (χ1) is 19.1. The summed E-state index contributed by atoms with van der Waals surface area (Å²) in [6.07, 6.45) is 1.43. The van der Waals surface area contributed by atoms with Crippen molar-refractivity contribution in [3.8, 4) is 11.1 Å². The van der Waals surface area contributed by atoms with Gasteiger partial charge in [-0.05, 0) is 72.6 Å². The lowest BCUT2D eigenvalue weighted by Crippen LogP contribution is -2.41. The molecule has 0 aromatic heterocycles. The lowest BCUT2D eigenvalue weighted by atomic mass is 9.76. The van der Waals surface area contributed by atoms with E-state index in [4.69, 9.17) is 14.0 Å². The van der Waals surface area contributed by atoms with Gasteiger partial charge < -0.3 is 24.7 Å². The number of carbonyl (C=O) groups excluding carboxylic acids is 2. The van der Waals surface area contributed by atoms with E-state index < -0.39 is 24.4 Å². The number of hydrogen-bond acceptors (Lipinski definition) is 5. The number of fused-ring (bicyclic) bond motifs is 4. The fourth-order valence-corrected chi connectivity index (χ4v) is 5.63. The third-order valence-corrected chi connectivity index (χ3v) is 8.56. The topological polar surface area (TPSA) is 85.9 Å². The molecule has 1 fully saturated rings. The Morgan fingerprint density at radius 2 is 1.55 bits per heavy atom.